The number of anilines is 1. The molecule has 0 aromatic heterocycles. The van der Waals surface area contributed by atoms with Crippen molar-refractivity contribution in [3.8, 4) is 5.75 Å². The quantitative estimate of drug-likeness (QED) is 0.560. The van der Waals surface area contributed by atoms with Gasteiger partial charge in [0.1, 0.15) is 5.75 Å². The summed E-state index contributed by atoms with van der Waals surface area (Å²) in [7, 11) is -0.837. The van der Waals surface area contributed by atoms with Gasteiger partial charge in [0.05, 0.1) is 17.6 Å². The Morgan fingerprint density at radius 1 is 1.43 bits per heavy atom. The van der Waals surface area contributed by atoms with E-state index >= 15 is 0 Å². The van der Waals surface area contributed by atoms with Crippen LogP contribution in [0.15, 0.2) is 18.2 Å². The highest BCUT2D eigenvalue weighted by Gasteiger charge is 2.12. The standard InChI is InChI=1S/C14H22N2O4S/c1-4-6-20-14-9-12(8-13(10-14)16(17)18)15-11(2)5-7-21(3)19/h8-11,15H,4-7H2,1-3H3. The molecule has 0 radical (unpaired) electrons. The van der Waals surface area contributed by atoms with E-state index in [9.17, 15) is 14.3 Å². The Morgan fingerprint density at radius 3 is 2.71 bits per heavy atom. The number of rotatable bonds is 9. The third kappa shape index (κ3) is 6.57. The molecule has 0 saturated carbocycles. The summed E-state index contributed by atoms with van der Waals surface area (Å²) in [5.41, 5.74) is 0.641. The van der Waals surface area contributed by atoms with Crippen LogP contribution in [0.3, 0.4) is 0 Å². The smallest absolute Gasteiger partial charge is 0.275 e. The van der Waals surface area contributed by atoms with E-state index in [1.165, 1.54) is 12.1 Å². The maximum absolute atomic E-state index is 11.1. The number of nitro groups is 1. The van der Waals surface area contributed by atoms with Crippen molar-refractivity contribution in [1.82, 2.24) is 0 Å². The van der Waals surface area contributed by atoms with Gasteiger partial charge < -0.3 is 10.1 Å². The van der Waals surface area contributed by atoms with Crippen molar-refractivity contribution in [2.45, 2.75) is 32.7 Å². The van der Waals surface area contributed by atoms with E-state index in [1.807, 2.05) is 13.8 Å². The fourth-order valence-corrected chi connectivity index (χ4v) is 2.46. The van der Waals surface area contributed by atoms with Gasteiger partial charge in [0.2, 0.25) is 0 Å². The fraction of sp³-hybridized carbons (Fsp3) is 0.571. The molecule has 0 spiro atoms. The van der Waals surface area contributed by atoms with Crippen molar-refractivity contribution in [1.29, 1.82) is 0 Å². The summed E-state index contributed by atoms with van der Waals surface area (Å²) in [4.78, 5) is 10.5. The normalized spacial score (nSPS) is 13.5. The number of ether oxygens (including phenoxy) is 1. The minimum atomic E-state index is -0.837. The minimum Gasteiger partial charge on any atom is -0.493 e. The van der Waals surface area contributed by atoms with Crippen molar-refractivity contribution >= 4 is 22.2 Å². The Bertz CT molecular complexity index is 508. The van der Waals surface area contributed by atoms with Crippen molar-refractivity contribution in [2.24, 2.45) is 0 Å². The molecular formula is C14H22N2O4S. The van der Waals surface area contributed by atoms with Crippen LogP contribution in [0.1, 0.15) is 26.7 Å². The van der Waals surface area contributed by atoms with E-state index in [4.69, 9.17) is 4.74 Å². The summed E-state index contributed by atoms with van der Waals surface area (Å²) >= 11 is 0. The van der Waals surface area contributed by atoms with Crippen molar-refractivity contribution in [3.63, 3.8) is 0 Å². The highest BCUT2D eigenvalue weighted by atomic mass is 32.2. The number of benzene rings is 1. The van der Waals surface area contributed by atoms with Crippen LogP contribution in [0.2, 0.25) is 0 Å². The van der Waals surface area contributed by atoms with Crippen LogP contribution < -0.4 is 10.1 Å². The zero-order valence-corrected chi connectivity index (χ0v) is 13.4. The van der Waals surface area contributed by atoms with Gasteiger partial charge in [-0.1, -0.05) is 6.92 Å². The highest BCUT2D eigenvalue weighted by Crippen LogP contribution is 2.26. The Kier molecular flexibility index (Phi) is 7.14. The van der Waals surface area contributed by atoms with E-state index in [0.717, 1.165) is 12.8 Å². The van der Waals surface area contributed by atoms with Gasteiger partial charge in [-0.3, -0.25) is 14.3 Å². The molecular weight excluding hydrogens is 292 g/mol. The first-order chi connectivity index (χ1) is 9.92. The third-order valence-electron chi connectivity index (χ3n) is 2.83. The number of hydrogen-bond donors (Lipinski definition) is 1. The first-order valence-electron chi connectivity index (χ1n) is 6.91. The topological polar surface area (TPSA) is 81.5 Å². The van der Waals surface area contributed by atoms with Gasteiger partial charge in [-0.05, 0) is 19.8 Å². The maximum Gasteiger partial charge on any atom is 0.275 e. The molecule has 2 atom stereocenters. The maximum atomic E-state index is 11.1. The Hall–Kier alpha value is -1.63. The molecule has 0 aliphatic carbocycles. The van der Waals surface area contributed by atoms with Crippen LogP contribution in [0.4, 0.5) is 11.4 Å². The molecule has 1 N–H and O–H groups in total. The van der Waals surface area contributed by atoms with Crippen molar-refractivity contribution in [3.05, 3.63) is 28.3 Å². The molecule has 7 heteroatoms. The molecule has 118 valence electrons. The van der Waals surface area contributed by atoms with Crippen LogP contribution >= 0.6 is 0 Å². The van der Waals surface area contributed by atoms with Crippen molar-refractivity contribution in [2.75, 3.05) is 23.9 Å². The Labute approximate surface area is 127 Å². The van der Waals surface area contributed by atoms with Crippen LogP contribution in [0.25, 0.3) is 0 Å². The summed E-state index contributed by atoms with van der Waals surface area (Å²) in [6.45, 7) is 4.45. The van der Waals surface area contributed by atoms with Crippen LogP contribution in [0, 0.1) is 10.1 Å². The molecule has 6 nitrogen and oxygen atoms in total. The second-order valence-corrected chi connectivity index (χ2v) is 6.49. The summed E-state index contributed by atoms with van der Waals surface area (Å²) in [5, 5.41) is 14.2. The average molecular weight is 314 g/mol. The molecule has 0 amide bonds. The lowest BCUT2D eigenvalue weighted by Crippen LogP contribution is -2.18. The lowest BCUT2D eigenvalue weighted by atomic mass is 10.2. The van der Waals surface area contributed by atoms with Gasteiger partial charge in [0, 0.05) is 46.7 Å². The average Bonchev–Trinajstić information content (AvgIpc) is 2.42. The van der Waals surface area contributed by atoms with Gasteiger partial charge in [-0.25, -0.2) is 0 Å². The molecule has 0 heterocycles. The largest absolute Gasteiger partial charge is 0.493 e. The highest BCUT2D eigenvalue weighted by molar-refractivity contribution is 7.84. The molecule has 0 aliphatic heterocycles. The molecule has 1 aromatic carbocycles. The van der Waals surface area contributed by atoms with Crippen LogP contribution in [-0.2, 0) is 10.8 Å². The zero-order chi connectivity index (χ0) is 15.8. The fourth-order valence-electron chi connectivity index (χ4n) is 1.77. The Balaban J connectivity index is 2.81. The van der Waals surface area contributed by atoms with Gasteiger partial charge in [0.25, 0.3) is 5.69 Å². The number of non-ortho nitro benzene ring substituents is 1. The van der Waals surface area contributed by atoms with E-state index in [-0.39, 0.29) is 11.7 Å². The van der Waals surface area contributed by atoms with E-state index in [2.05, 4.69) is 5.32 Å². The number of hydrogen-bond acceptors (Lipinski definition) is 5. The van der Waals surface area contributed by atoms with Gasteiger partial charge >= 0.3 is 0 Å². The molecule has 2 unspecified atom stereocenters. The molecule has 0 aliphatic rings. The lowest BCUT2D eigenvalue weighted by Gasteiger charge is -2.15. The van der Waals surface area contributed by atoms with Gasteiger partial charge in [-0.2, -0.15) is 0 Å². The summed E-state index contributed by atoms with van der Waals surface area (Å²) in [5.74, 6) is 1.09. The monoisotopic (exact) mass is 314 g/mol. The zero-order valence-electron chi connectivity index (χ0n) is 12.6. The van der Waals surface area contributed by atoms with E-state index in [1.54, 1.807) is 12.3 Å². The molecule has 0 bridgehead atoms. The van der Waals surface area contributed by atoms with E-state index < -0.39 is 15.7 Å². The minimum absolute atomic E-state index is 0.00243. The van der Waals surface area contributed by atoms with Crippen LogP contribution in [-0.4, -0.2) is 33.8 Å². The van der Waals surface area contributed by atoms with Crippen LogP contribution in [0.5, 0.6) is 5.75 Å². The SMILES string of the molecule is CCCOc1cc(NC(C)CCS(C)=O)cc([N+](=O)[O-])c1. The molecule has 1 rings (SSSR count). The van der Waals surface area contributed by atoms with E-state index in [0.29, 0.717) is 23.8 Å². The molecule has 0 saturated heterocycles. The summed E-state index contributed by atoms with van der Waals surface area (Å²) < 4.78 is 16.6. The summed E-state index contributed by atoms with van der Waals surface area (Å²) in [6.07, 6.45) is 3.23. The first kappa shape index (κ1) is 17.4. The number of nitrogens with zero attached hydrogens (tertiary/aromatic N) is 1. The molecule has 21 heavy (non-hydrogen) atoms. The Morgan fingerprint density at radius 2 is 2.14 bits per heavy atom. The second kappa shape index (κ2) is 8.61. The molecule has 0 fully saturated rings. The van der Waals surface area contributed by atoms with Gasteiger partial charge in [0.15, 0.2) is 0 Å². The predicted molar refractivity (Wildman–Crippen MR) is 85.5 cm³/mol. The summed E-state index contributed by atoms with van der Waals surface area (Å²) in [6, 6.07) is 4.74. The van der Waals surface area contributed by atoms with Crippen molar-refractivity contribution < 1.29 is 13.9 Å². The third-order valence-corrected chi connectivity index (χ3v) is 3.64. The van der Waals surface area contributed by atoms with Gasteiger partial charge in [-0.15, -0.1) is 0 Å². The lowest BCUT2D eigenvalue weighted by molar-refractivity contribution is -0.384. The first-order valence-corrected chi connectivity index (χ1v) is 8.64. The second-order valence-electron chi connectivity index (χ2n) is 4.93. The number of nitrogens with one attached hydrogen (secondary N) is 1. The molecule has 1 aromatic rings. The number of nitro benzene ring substituents is 1. The predicted octanol–water partition coefficient (Wildman–Crippen LogP) is 2.95.